The van der Waals surface area contributed by atoms with Crippen LogP contribution in [0.5, 0.6) is 0 Å². The number of benzene rings is 3. The lowest BCUT2D eigenvalue weighted by molar-refractivity contribution is 0.437. The first-order valence-corrected chi connectivity index (χ1v) is 12.6. The lowest BCUT2D eigenvalue weighted by Crippen LogP contribution is -2.19. The summed E-state index contributed by atoms with van der Waals surface area (Å²) in [6.45, 7) is 2.00. The molecule has 1 saturated carbocycles. The summed E-state index contributed by atoms with van der Waals surface area (Å²) in [5, 5.41) is 4.49. The van der Waals surface area contributed by atoms with Gasteiger partial charge in [0, 0.05) is 11.9 Å². The fourth-order valence-electron chi connectivity index (χ4n) is 5.09. The molecule has 2 heterocycles. The zero-order valence-corrected chi connectivity index (χ0v) is 20.3. The van der Waals surface area contributed by atoms with Gasteiger partial charge in [-0.05, 0) is 80.4 Å². The van der Waals surface area contributed by atoms with Gasteiger partial charge in [-0.3, -0.25) is 9.98 Å². The fourth-order valence-corrected chi connectivity index (χ4v) is 5.09. The van der Waals surface area contributed by atoms with Crippen molar-refractivity contribution >= 4 is 22.4 Å². The van der Waals surface area contributed by atoms with E-state index < -0.39 is 0 Å². The van der Waals surface area contributed by atoms with E-state index in [4.69, 9.17) is 9.98 Å². The number of anilines is 2. The second-order valence-electron chi connectivity index (χ2n) is 9.45. The van der Waals surface area contributed by atoms with E-state index in [2.05, 4.69) is 27.0 Å². The molecule has 1 aromatic heterocycles. The summed E-state index contributed by atoms with van der Waals surface area (Å²) < 4.78 is 15.9. The Bertz CT molecular complexity index is 1570. The molecule has 1 aliphatic heterocycles. The zero-order valence-electron chi connectivity index (χ0n) is 20.3. The maximum atomic E-state index is 13.8. The Hall–Kier alpha value is -4.06. The first kappa shape index (κ1) is 22.4. The van der Waals surface area contributed by atoms with Gasteiger partial charge in [0.1, 0.15) is 5.82 Å². The molecule has 0 bridgehead atoms. The summed E-state index contributed by atoms with van der Waals surface area (Å²) in [6.07, 6.45) is 7.73. The van der Waals surface area contributed by atoms with E-state index in [1.165, 1.54) is 31.4 Å². The number of para-hydroxylation sites is 2. The smallest absolute Gasteiger partial charge is 0.123 e. The van der Waals surface area contributed by atoms with Crippen LogP contribution in [0.3, 0.4) is 0 Å². The van der Waals surface area contributed by atoms with E-state index in [-0.39, 0.29) is 5.82 Å². The molecule has 3 aromatic rings. The van der Waals surface area contributed by atoms with E-state index in [0.717, 1.165) is 63.4 Å². The van der Waals surface area contributed by atoms with Crippen molar-refractivity contribution in [1.29, 1.82) is 0 Å². The molecule has 0 radical (unpaired) electrons. The van der Waals surface area contributed by atoms with Crippen LogP contribution in [-0.4, -0.2) is 20.6 Å². The maximum absolute atomic E-state index is 13.8. The molecule has 1 N–H and O–H groups in total. The lowest BCUT2D eigenvalue weighted by Gasteiger charge is -2.22. The van der Waals surface area contributed by atoms with Gasteiger partial charge in [0.2, 0.25) is 0 Å². The highest BCUT2D eigenvalue weighted by Gasteiger charge is 2.18. The molecule has 180 valence electrons. The Kier molecular flexibility index (Phi) is 5.93. The van der Waals surface area contributed by atoms with Crippen LogP contribution in [-0.2, 0) is 0 Å². The van der Waals surface area contributed by atoms with Crippen molar-refractivity contribution in [2.24, 2.45) is 4.99 Å². The summed E-state index contributed by atoms with van der Waals surface area (Å²) in [5.41, 5.74) is 7.27. The van der Waals surface area contributed by atoms with Crippen LogP contribution in [0.4, 0.5) is 15.8 Å². The van der Waals surface area contributed by atoms with E-state index in [1.807, 2.05) is 55.5 Å². The number of aromatic nitrogens is 3. The quantitative estimate of drug-likeness (QED) is 0.285. The van der Waals surface area contributed by atoms with Gasteiger partial charge in [0.05, 0.1) is 50.9 Å². The van der Waals surface area contributed by atoms with E-state index in [1.54, 1.807) is 6.20 Å². The molecule has 0 spiro atoms. The van der Waals surface area contributed by atoms with Crippen molar-refractivity contribution in [1.82, 2.24) is 14.5 Å². The molecule has 6 rings (SSSR count). The van der Waals surface area contributed by atoms with Crippen LogP contribution in [0.1, 0.15) is 37.8 Å². The number of fused-ring (bicyclic) bond motifs is 2. The number of nitrogens with one attached hydrogen (secondary N) is 1. The highest BCUT2D eigenvalue weighted by Crippen LogP contribution is 2.31. The predicted molar refractivity (Wildman–Crippen MR) is 142 cm³/mol. The minimum Gasteiger partial charge on any atom is -0.352 e. The van der Waals surface area contributed by atoms with Crippen molar-refractivity contribution in [2.45, 2.75) is 45.1 Å². The van der Waals surface area contributed by atoms with Crippen molar-refractivity contribution in [3.63, 3.8) is 0 Å². The van der Waals surface area contributed by atoms with Crippen molar-refractivity contribution in [3.8, 4) is 17.1 Å². The van der Waals surface area contributed by atoms with Gasteiger partial charge in [0.25, 0.3) is 0 Å². The molecule has 5 nitrogen and oxygen atoms in total. The third-order valence-electron chi connectivity index (χ3n) is 6.95. The normalized spacial score (nSPS) is 15.0. The van der Waals surface area contributed by atoms with E-state index in [0.29, 0.717) is 6.04 Å². The fraction of sp³-hybridized carbons (Fsp3) is 0.233. The van der Waals surface area contributed by atoms with Gasteiger partial charge < -0.3 is 9.88 Å². The highest BCUT2D eigenvalue weighted by molar-refractivity contribution is 5.84. The Morgan fingerprint density at radius 3 is 2.53 bits per heavy atom. The maximum Gasteiger partial charge on any atom is 0.123 e. The van der Waals surface area contributed by atoms with Gasteiger partial charge in [-0.1, -0.05) is 31.4 Å². The van der Waals surface area contributed by atoms with Crippen LogP contribution in [0.25, 0.3) is 28.1 Å². The summed E-state index contributed by atoms with van der Waals surface area (Å²) in [7, 11) is 0. The second-order valence-corrected chi connectivity index (χ2v) is 9.45. The van der Waals surface area contributed by atoms with Crippen LogP contribution in [0, 0.1) is 12.7 Å². The first-order valence-electron chi connectivity index (χ1n) is 12.6. The highest BCUT2D eigenvalue weighted by atomic mass is 19.1. The molecule has 1 fully saturated rings. The van der Waals surface area contributed by atoms with E-state index >= 15 is 0 Å². The number of rotatable bonds is 4. The number of halogens is 1. The Labute approximate surface area is 209 Å². The average molecular weight is 478 g/mol. The van der Waals surface area contributed by atoms with Crippen molar-refractivity contribution in [3.05, 3.63) is 95.9 Å². The molecule has 2 aliphatic carbocycles. The SMILES string of the molecule is Cc1ncccc1Nc1cc2nc3ccccc3n(-c3ccc(F)cc3)c-2cc1=NC1CCCCC1. The average Bonchev–Trinajstić information content (AvgIpc) is 2.90. The Morgan fingerprint density at radius 1 is 0.917 bits per heavy atom. The molecule has 0 unspecified atom stereocenters. The molecule has 0 saturated heterocycles. The molecule has 0 amide bonds. The van der Waals surface area contributed by atoms with Gasteiger partial charge in [-0.2, -0.15) is 0 Å². The first-order chi connectivity index (χ1) is 17.7. The summed E-state index contributed by atoms with van der Waals surface area (Å²) >= 11 is 0. The molecule has 3 aliphatic rings. The van der Waals surface area contributed by atoms with Crippen LogP contribution < -0.4 is 10.7 Å². The zero-order chi connectivity index (χ0) is 24.5. The third-order valence-corrected chi connectivity index (χ3v) is 6.95. The molecule has 2 aromatic carbocycles. The molecule has 0 atom stereocenters. The monoisotopic (exact) mass is 477 g/mol. The van der Waals surface area contributed by atoms with Gasteiger partial charge in [0.15, 0.2) is 0 Å². The second kappa shape index (κ2) is 9.53. The number of hydrogen-bond acceptors (Lipinski definition) is 4. The van der Waals surface area contributed by atoms with Gasteiger partial charge >= 0.3 is 0 Å². The van der Waals surface area contributed by atoms with Crippen molar-refractivity contribution < 1.29 is 4.39 Å². The number of aryl methyl sites for hydroxylation is 1. The van der Waals surface area contributed by atoms with Crippen LogP contribution in [0.2, 0.25) is 0 Å². The predicted octanol–water partition coefficient (Wildman–Crippen LogP) is 6.95. The topological polar surface area (TPSA) is 55.1 Å². The number of nitrogens with zero attached hydrogens (tertiary/aromatic N) is 4. The van der Waals surface area contributed by atoms with E-state index in [9.17, 15) is 4.39 Å². The Morgan fingerprint density at radius 2 is 1.72 bits per heavy atom. The van der Waals surface area contributed by atoms with Crippen LogP contribution in [0.15, 0.2) is 84.0 Å². The molecule has 6 heteroatoms. The van der Waals surface area contributed by atoms with Gasteiger partial charge in [-0.25, -0.2) is 9.37 Å². The molecular formula is C30H28FN5. The minimum absolute atomic E-state index is 0.256. The molecule has 36 heavy (non-hydrogen) atoms. The van der Waals surface area contributed by atoms with Gasteiger partial charge in [-0.15, -0.1) is 0 Å². The third kappa shape index (κ3) is 4.35. The molecular weight excluding hydrogens is 449 g/mol. The van der Waals surface area contributed by atoms with Crippen molar-refractivity contribution in [2.75, 3.05) is 5.32 Å². The lowest BCUT2D eigenvalue weighted by atomic mass is 9.96. The summed E-state index contributed by atoms with van der Waals surface area (Å²) in [5.74, 6) is -0.256. The minimum atomic E-state index is -0.256. The summed E-state index contributed by atoms with van der Waals surface area (Å²) in [6, 6.07) is 23.1. The Balaban J connectivity index is 1.63. The number of pyridine rings is 1. The standard InChI is InChI=1S/C30H28FN5/c1-20-24(11-7-17-32-20)34-26-18-28-30(19-27(26)33-22-8-3-2-4-9-22)36(23-15-13-21(31)14-16-23)29-12-6-5-10-25(29)35-28/h5-7,10-19,22,34H,2-4,8-9H2,1H3. The van der Waals surface area contributed by atoms with Crippen LogP contribution >= 0.6 is 0 Å². The number of hydrogen-bond donors (Lipinski definition) is 1. The largest absolute Gasteiger partial charge is 0.352 e. The summed E-state index contributed by atoms with van der Waals surface area (Å²) in [4.78, 5) is 14.7.